The SMILES string of the molecule is O=C(CSCc1ccccc1Br)NN=Cc1ccc(OCC(=O)N2CCOCC2)cc1. The molecule has 9 heteroatoms. The quantitative estimate of drug-likeness (QED) is 0.418. The Kier molecular flexibility index (Phi) is 9.39. The number of morpholine rings is 1. The molecule has 0 saturated carbocycles. The number of benzene rings is 2. The van der Waals surface area contributed by atoms with E-state index in [4.69, 9.17) is 9.47 Å². The first-order chi connectivity index (χ1) is 15.1. The maximum Gasteiger partial charge on any atom is 0.260 e. The lowest BCUT2D eigenvalue weighted by molar-refractivity contribution is -0.137. The second-order valence-corrected chi connectivity index (χ2v) is 8.57. The van der Waals surface area contributed by atoms with Crippen molar-refractivity contribution in [2.24, 2.45) is 5.10 Å². The van der Waals surface area contributed by atoms with Crippen LogP contribution in [0.2, 0.25) is 0 Å². The summed E-state index contributed by atoms with van der Waals surface area (Å²) in [6.07, 6.45) is 1.57. The fourth-order valence-electron chi connectivity index (χ4n) is 2.78. The zero-order valence-corrected chi connectivity index (χ0v) is 19.4. The van der Waals surface area contributed by atoms with Gasteiger partial charge in [-0.15, -0.1) is 11.8 Å². The normalized spacial score (nSPS) is 13.9. The second kappa shape index (κ2) is 12.5. The van der Waals surface area contributed by atoms with E-state index in [0.717, 1.165) is 21.4 Å². The van der Waals surface area contributed by atoms with Crippen LogP contribution in [-0.2, 0) is 20.1 Å². The van der Waals surface area contributed by atoms with Crippen LogP contribution in [0, 0.1) is 0 Å². The highest BCUT2D eigenvalue weighted by molar-refractivity contribution is 9.10. The lowest BCUT2D eigenvalue weighted by Gasteiger charge is -2.26. The monoisotopic (exact) mass is 505 g/mol. The summed E-state index contributed by atoms with van der Waals surface area (Å²) in [5, 5.41) is 3.99. The van der Waals surface area contributed by atoms with Crippen molar-refractivity contribution in [3.8, 4) is 5.75 Å². The Hall–Kier alpha value is -2.36. The number of ether oxygens (including phenoxy) is 2. The van der Waals surface area contributed by atoms with Gasteiger partial charge in [0.1, 0.15) is 5.75 Å². The van der Waals surface area contributed by atoms with Crippen LogP contribution in [0.1, 0.15) is 11.1 Å². The van der Waals surface area contributed by atoms with Gasteiger partial charge in [-0.2, -0.15) is 5.10 Å². The molecule has 0 bridgehead atoms. The predicted octanol–water partition coefficient (Wildman–Crippen LogP) is 3.07. The molecule has 1 N–H and O–H groups in total. The Morgan fingerprint density at radius 3 is 2.65 bits per heavy atom. The van der Waals surface area contributed by atoms with Gasteiger partial charge >= 0.3 is 0 Å². The molecule has 0 unspecified atom stereocenters. The highest BCUT2D eigenvalue weighted by atomic mass is 79.9. The van der Waals surface area contributed by atoms with Crippen molar-refractivity contribution >= 4 is 45.7 Å². The molecule has 0 radical (unpaired) electrons. The maximum absolute atomic E-state index is 12.1. The van der Waals surface area contributed by atoms with Crippen LogP contribution < -0.4 is 10.2 Å². The first kappa shape index (κ1) is 23.3. The number of thioether (sulfide) groups is 1. The van der Waals surface area contributed by atoms with E-state index in [1.165, 1.54) is 11.8 Å². The number of hydrogen-bond donors (Lipinski definition) is 1. The number of nitrogens with one attached hydrogen (secondary N) is 1. The molecule has 1 aliphatic rings. The summed E-state index contributed by atoms with van der Waals surface area (Å²) in [6.45, 7) is 2.34. The summed E-state index contributed by atoms with van der Waals surface area (Å²) in [6, 6.07) is 15.1. The van der Waals surface area contributed by atoms with Crippen LogP contribution in [0.3, 0.4) is 0 Å². The van der Waals surface area contributed by atoms with Crippen molar-refractivity contribution in [3.63, 3.8) is 0 Å². The molecule has 1 saturated heterocycles. The zero-order valence-electron chi connectivity index (χ0n) is 17.0. The number of nitrogens with zero attached hydrogens (tertiary/aromatic N) is 2. The van der Waals surface area contributed by atoms with Gasteiger partial charge < -0.3 is 14.4 Å². The Bertz CT molecular complexity index is 902. The number of carbonyl (C=O) groups excluding carboxylic acids is 2. The molecule has 1 aliphatic heterocycles. The molecule has 0 aromatic heterocycles. The van der Waals surface area contributed by atoms with Crippen molar-refractivity contribution in [1.29, 1.82) is 0 Å². The summed E-state index contributed by atoms with van der Waals surface area (Å²) in [4.78, 5) is 25.8. The van der Waals surface area contributed by atoms with Crippen molar-refractivity contribution < 1.29 is 19.1 Å². The van der Waals surface area contributed by atoms with E-state index in [1.807, 2.05) is 36.4 Å². The molecule has 31 heavy (non-hydrogen) atoms. The molecular weight excluding hydrogens is 482 g/mol. The maximum atomic E-state index is 12.1. The zero-order chi connectivity index (χ0) is 21.9. The minimum atomic E-state index is -0.158. The number of hydrogen-bond acceptors (Lipinski definition) is 6. The van der Waals surface area contributed by atoms with Gasteiger partial charge in [-0.25, -0.2) is 5.43 Å². The molecule has 2 amide bonds. The molecule has 2 aromatic carbocycles. The predicted molar refractivity (Wildman–Crippen MR) is 125 cm³/mol. The number of carbonyl (C=O) groups is 2. The second-order valence-electron chi connectivity index (χ2n) is 6.73. The Labute approximate surface area is 194 Å². The smallest absolute Gasteiger partial charge is 0.260 e. The summed E-state index contributed by atoms with van der Waals surface area (Å²) < 4.78 is 11.8. The number of amides is 2. The van der Waals surface area contributed by atoms with Gasteiger partial charge in [-0.1, -0.05) is 34.1 Å². The molecule has 0 spiro atoms. The molecule has 164 valence electrons. The van der Waals surface area contributed by atoms with Crippen LogP contribution in [0.15, 0.2) is 58.1 Å². The lowest BCUT2D eigenvalue weighted by atomic mass is 10.2. The van der Waals surface area contributed by atoms with Crippen LogP contribution in [0.4, 0.5) is 0 Å². The number of halogens is 1. The van der Waals surface area contributed by atoms with Gasteiger partial charge in [0.25, 0.3) is 5.91 Å². The van der Waals surface area contributed by atoms with Crippen LogP contribution in [-0.4, -0.2) is 61.6 Å². The Morgan fingerprint density at radius 1 is 1.16 bits per heavy atom. The van der Waals surface area contributed by atoms with Crippen molar-refractivity contribution in [3.05, 3.63) is 64.1 Å². The Balaban J connectivity index is 1.35. The van der Waals surface area contributed by atoms with E-state index in [0.29, 0.717) is 37.8 Å². The minimum Gasteiger partial charge on any atom is -0.484 e. The van der Waals surface area contributed by atoms with E-state index in [9.17, 15) is 9.59 Å². The average Bonchev–Trinajstić information content (AvgIpc) is 2.80. The van der Waals surface area contributed by atoms with Gasteiger partial charge in [-0.05, 0) is 41.5 Å². The third-order valence-electron chi connectivity index (χ3n) is 4.46. The Morgan fingerprint density at radius 2 is 1.90 bits per heavy atom. The lowest BCUT2D eigenvalue weighted by Crippen LogP contribution is -2.42. The van der Waals surface area contributed by atoms with Crippen molar-refractivity contribution in [2.45, 2.75) is 5.75 Å². The third-order valence-corrected chi connectivity index (χ3v) is 6.21. The van der Waals surface area contributed by atoms with Gasteiger partial charge in [0.05, 0.1) is 25.2 Å². The minimum absolute atomic E-state index is 0.000707. The molecule has 0 aliphatic carbocycles. The standard InChI is InChI=1S/C22H24BrN3O4S/c23-20-4-2-1-3-18(20)15-31-16-21(27)25-24-13-17-5-7-19(8-6-17)30-14-22(28)26-9-11-29-12-10-26/h1-8,13H,9-12,14-16H2,(H,25,27). The van der Waals surface area contributed by atoms with E-state index >= 15 is 0 Å². The van der Waals surface area contributed by atoms with E-state index in [1.54, 1.807) is 23.2 Å². The van der Waals surface area contributed by atoms with E-state index in [2.05, 4.69) is 26.5 Å². The molecule has 7 nitrogen and oxygen atoms in total. The van der Waals surface area contributed by atoms with E-state index < -0.39 is 0 Å². The topological polar surface area (TPSA) is 80.2 Å². The first-order valence-electron chi connectivity index (χ1n) is 9.83. The highest BCUT2D eigenvalue weighted by Gasteiger charge is 2.17. The molecule has 1 heterocycles. The summed E-state index contributed by atoms with van der Waals surface area (Å²) in [5.74, 6) is 1.46. The fraction of sp³-hybridized carbons (Fsp3) is 0.318. The summed E-state index contributed by atoms with van der Waals surface area (Å²) in [5.41, 5.74) is 4.49. The molecule has 3 rings (SSSR count). The molecular formula is C22H24BrN3O4S. The third kappa shape index (κ3) is 8.01. The molecule has 0 atom stereocenters. The highest BCUT2D eigenvalue weighted by Crippen LogP contribution is 2.21. The van der Waals surface area contributed by atoms with Crippen LogP contribution >= 0.6 is 27.7 Å². The largest absolute Gasteiger partial charge is 0.484 e. The van der Waals surface area contributed by atoms with Gasteiger partial charge in [0.15, 0.2) is 6.61 Å². The van der Waals surface area contributed by atoms with Gasteiger partial charge in [-0.3, -0.25) is 9.59 Å². The number of hydrazone groups is 1. The number of rotatable bonds is 9. The van der Waals surface area contributed by atoms with Crippen LogP contribution in [0.5, 0.6) is 5.75 Å². The average molecular weight is 506 g/mol. The van der Waals surface area contributed by atoms with Crippen molar-refractivity contribution in [2.75, 3.05) is 38.7 Å². The fourth-order valence-corrected chi connectivity index (χ4v) is 4.21. The summed E-state index contributed by atoms with van der Waals surface area (Å²) in [7, 11) is 0. The van der Waals surface area contributed by atoms with Gasteiger partial charge in [0, 0.05) is 23.3 Å². The first-order valence-corrected chi connectivity index (χ1v) is 11.8. The summed E-state index contributed by atoms with van der Waals surface area (Å²) >= 11 is 5.03. The molecule has 1 fully saturated rings. The van der Waals surface area contributed by atoms with Crippen LogP contribution in [0.25, 0.3) is 0 Å². The van der Waals surface area contributed by atoms with E-state index in [-0.39, 0.29) is 18.4 Å². The molecule has 2 aromatic rings. The van der Waals surface area contributed by atoms with Gasteiger partial charge in [0.2, 0.25) is 5.91 Å². The van der Waals surface area contributed by atoms with Crippen molar-refractivity contribution in [1.82, 2.24) is 10.3 Å².